The lowest BCUT2D eigenvalue weighted by molar-refractivity contribution is 1.53. The van der Waals surface area contributed by atoms with Gasteiger partial charge in [-0.25, -0.2) is 0 Å². The lowest BCUT2D eigenvalue weighted by Crippen LogP contribution is -1.91. The van der Waals surface area contributed by atoms with Crippen LogP contribution in [-0.4, -0.2) is 0 Å². The van der Waals surface area contributed by atoms with Crippen molar-refractivity contribution < 1.29 is 0 Å². The second-order valence-electron chi connectivity index (χ2n) is 3.26. The molecular weight excluding hydrogens is 252 g/mol. The summed E-state index contributed by atoms with van der Waals surface area (Å²) in [7, 11) is 0. The third-order valence-corrected chi connectivity index (χ3v) is 2.49. The summed E-state index contributed by atoms with van der Waals surface area (Å²) in [6.07, 6.45) is 0. The van der Waals surface area contributed by atoms with Crippen molar-refractivity contribution in [3.05, 3.63) is 53.0 Å². The third-order valence-electron chi connectivity index (χ3n) is 2.00. The van der Waals surface area contributed by atoms with E-state index in [0.717, 1.165) is 21.5 Å². The Morgan fingerprint density at radius 1 is 0.933 bits per heavy atom. The van der Waals surface area contributed by atoms with Crippen LogP contribution in [-0.2, 0) is 0 Å². The van der Waals surface area contributed by atoms with E-state index < -0.39 is 0 Å². The second-order valence-corrected chi connectivity index (χ2v) is 4.18. The zero-order chi connectivity index (χ0) is 10.7. The van der Waals surface area contributed by atoms with Gasteiger partial charge in [-0.2, -0.15) is 0 Å². The predicted octanol–water partition coefficient (Wildman–Crippen LogP) is 3.77. The highest BCUT2D eigenvalue weighted by atomic mass is 79.9. The number of benzene rings is 2. The van der Waals surface area contributed by atoms with Crippen molar-refractivity contribution in [3.63, 3.8) is 0 Å². The van der Waals surface area contributed by atoms with Gasteiger partial charge in [0.05, 0.1) is 0 Å². The van der Waals surface area contributed by atoms with Crippen LogP contribution < -0.4 is 11.1 Å². The van der Waals surface area contributed by atoms with Crippen LogP contribution in [0.25, 0.3) is 0 Å². The SMILES string of the molecule is Nc1cccc(Nc2cccc(Br)c2)c1. The van der Waals surface area contributed by atoms with Crippen molar-refractivity contribution in [3.8, 4) is 0 Å². The lowest BCUT2D eigenvalue weighted by atomic mass is 10.2. The molecule has 15 heavy (non-hydrogen) atoms. The molecular formula is C12H11BrN2. The molecule has 0 saturated carbocycles. The minimum absolute atomic E-state index is 0.759. The molecule has 0 aromatic heterocycles. The minimum Gasteiger partial charge on any atom is -0.399 e. The molecule has 2 aromatic rings. The van der Waals surface area contributed by atoms with Crippen LogP contribution in [0.15, 0.2) is 53.0 Å². The van der Waals surface area contributed by atoms with Crippen LogP contribution in [0.5, 0.6) is 0 Å². The van der Waals surface area contributed by atoms with Gasteiger partial charge in [0.25, 0.3) is 0 Å². The second kappa shape index (κ2) is 4.36. The van der Waals surface area contributed by atoms with Crippen LogP contribution >= 0.6 is 15.9 Å². The summed E-state index contributed by atoms with van der Waals surface area (Å²) in [5.41, 5.74) is 8.48. The molecule has 0 heterocycles. The average Bonchev–Trinajstić information content (AvgIpc) is 2.17. The summed E-state index contributed by atoms with van der Waals surface area (Å²) in [6, 6.07) is 15.7. The molecule has 0 unspecified atom stereocenters. The lowest BCUT2D eigenvalue weighted by Gasteiger charge is -2.07. The van der Waals surface area contributed by atoms with E-state index in [4.69, 9.17) is 5.73 Å². The molecule has 0 fully saturated rings. The van der Waals surface area contributed by atoms with E-state index in [2.05, 4.69) is 21.2 Å². The zero-order valence-electron chi connectivity index (χ0n) is 8.07. The quantitative estimate of drug-likeness (QED) is 0.809. The molecule has 76 valence electrons. The third kappa shape index (κ3) is 2.73. The highest BCUT2D eigenvalue weighted by Gasteiger charge is 1.95. The first-order valence-corrected chi connectivity index (χ1v) is 5.41. The Morgan fingerprint density at radius 2 is 1.60 bits per heavy atom. The molecule has 2 rings (SSSR count). The van der Waals surface area contributed by atoms with E-state index in [1.165, 1.54) is 0 Å². The Labute approximate surface area is 97.2 Å². The van der Waals surface area contributed by atoms with Gasteiger partial charge in [0, 0.05) is 21.5 Å². The number of nitrogens with two attached hydrogens (primary N) is 1. The monoisotopic (exact) mass is 262 g/mol. The van der Waals surface area contributed by atoms with Crippen molar-refractivity contribution >= 4 is 33.0 Å². The van der Waals surface area contributed by atoms with Gasteiger partial charge in [0.2, 0.25) is 0 Å². The first kappa shape index (κ1) is 10.1. The molecule has 0 spiro atoms. The number of rotatable bonds is 2. The van der Waals surface area contributed by atoms with Crippen molar-refractivity contribution in [2.75, 3.05) is 11.1 Å². The van der Waals surface area contributed by atoms with Crippen molar-refractivity contribution in [1.29, 1.82) is 0 Å². The van der Waals surface area contributed by atoms with Gasteiger partial charge in [-0.15, -0.1) is 0 Å². The summed E-state index contributed by atoms with van der Waals surface area (Å²) in [4.78, 5) is 0. The first-order valence-electron chi connectivity index (χ1n) is 4.62. The first-order chi connectivity index (χ1) is 7.24. The van der Waals surface area contributed by atoms with E-state index in [0.29, 0.717) is 0 Å². The maximum Gasteiger partial charge on any atom is 0.0404 e. The summed E-state index contributed by atoms with van der Waals surface area (Å²) in [5.74, 6) is 0. The largest absolute Gasteiger partial charge is 0.399 e. The fourth-order valence-corrected chi connectivity index (χ4v) is 1.75. The molecule has 0 aliphatic rings. The van der Waals surface area contributed by atoms with Crippen molar-refractivity contribution in [2.24, 2.45) is 0 Å². The number of hydrogen-bond donors (Lipinski definition) is 2. The average molecular weight is 263 g/mol. The molecule has 3 heteroatoms. The summed E-state index contributed by atoms with van der Waals surface area (Å²) in [6.45, 7) is 0. The fraction of sp³-hybridized carbons (Fsp3) is 0. The van der Waals surface area contributed by atoms with Gasteiger partial charge >= 0.3 is 0 Å². The summed E-state index contributed by atoms with van der Waals surface area (Å²) >= 11 is 3.43. The number of nitrogens with one attached hydrogen (secondary N) is 1. The van der Waals surface area contributed by atoms with Crippen LogP contribution in [0.1, 0.15) is 0 Å². The van der Waals surface area contributed by atoms with E-state index in [-0.39, 0.29) is 0 Å². The normalized spacial score (nSPS) is 9.93. The minimum atomic E-state index is 0.759. The smallest absolute Gasteiger partial charge is 0.0404 e. The summed E-state index contributed by atoms with van der Waals surface area (Å²) in [5, 5.41) is 3.28. The number of halogens is 1. The fourth-order valence-electron chi connectivity index (χ4n) is 1.35. The van der Waals surface area contributed by atoms with E-state index in [1.807, 2.05) is 48.5 Å². The maximum atomic E-state index is 5.69. The maximum absolute atomic E-state index is 5.69. The topological polar surface area (TPSA) is 38.0 Å². The molecule has 0 bridgehead atoms. The van der Waals surface area contributed by atoms with Crippen LogP contribution in [0.4, 0.5) is 17.1 Å². The van der Waals surface area contributed by atoms with Gasteiger partial charge < -0.3 is 11.1 Å². The molecule has 0 aliphatic carbocycles. The van der Waals surface area contributed by atoms with Gasteiger partial charge in [-0.1, -0.05) is 28.1 Å². The molecule has 2 nitrogen and oxygen atoms in total. The Bertz CT molecular complexity index is 425. The molecule has 3 N–H and O–H groups in total. The molecule has 2 aromatic carbocycles. The van der Waals surface area contributed by atoms with E-state index in [9.17, 15) is 0 Å². The van der Waals surface area contributed by atoms with Gasteiger partial charge in [-0.3, -0.25) is 0 Å². The van der Waals surface area contributed by atoms with Gasteiger partial charge in [0.15, 0.2) is 0 Å². The van der Waals surface area contributed by atoms with Crippen molar-refractivity contribution in [1.82, 2.24) is 0 Å². The van der Waals surface area contributed by atoms with E-state index >= 15 is 0 Å². The van der Waals surface area contributed by atoms with E-state index in [1.54, 1.807) is 0 Å². The molecule has 0 aliphatic heterocycles. The number of anilines is 3. The van der Waals surface area contributed by atoms with Crippen LogP contribution in [0, 0.1) is 0 Å². The summed E-state index contributed by atoms with van der Waals surface area (Å²) < 4.78 is 1.05. The van der Waals surface area contributed by atoms with Crippen molar-refractivity contribution in [2.45, 2.75) is 0 Å². The predicted molar refractivity (Wildman–Crippen MR) is 68.3 cm³/mol. The molecule has 0 atom stereocenters. The Morgan fingerprint density at radius 3 is 2.27 bits per heavy atom. The standard InChI is InChI=1S/C12H11BrN2/c13-9-3-1-5-11(7-9)15-12-6-2-4-10(14)8-12/h1-8,15H,14H2. The number of nitrogen functional groups attached to an aromatic ring is 1. The highest BCUT2D eigenvalue weighted by molar-refractivity contribution is 9.10. The number of hydrogen-bond acceptors (Lipinski definition) is 2. The highest BCUT2D eigenvalue weighted by Crippen LogP contribution is 2.21. The Hall–Kier alpha value is -1.48. The van der Waals surface area contributed by atoms with Gasteiger partial charge in [0.1, 0.15) is 0 Å². The molecule has 0 amide bonds. The molecule has 0 saturated heterocycles. The molecule has 0 radical (unpaired) electrons. The van der Waals surface area contributed by atoms with Crippen LogP contribution in [0.3, 0.4) is 0 Å². The Kier molecular flexibility index (Phi) is 2.92. The van der Waals surface area contributed by atoms with Gasteiger partial charge in [-0.05, 0) is 36.4 Å². The van der Waals surface area contributed by atoms with Crippen LogP contribution in [0.2, 0.25) is 0 Å². The Balaban J connectivity index is 2.22. The zero-order valence-corrected chi connectivity index (χ0v) is 9.66.